The zero-order valence-electron chi connectivity index (χ0n) is 18.1. The molecule has 3 N–H and O–H groups in total. The Labute approximate surface area is 190 Å². The highest BCUT2D eigenvalue weighted by Crippen LogP contribution is 2.25. The van der Waals surface area contributed by atoms with E-state index in [1.807, 2.05) is 23.1 Å². The Morgan fingerprint density at radius 2 is 1.91 bits per heavy atom. The van der Waals surface area contributed by atoms with Crippen molar-refractivity contribution in [2.45, 2.75) is 50.5 Å². The summed E-state index contributed by atoms with van der Waals surface area (Å²) in [4.78, 5) is 26.9. The number of anilines is 1. The van der Waals surface area contributed by atoms with E-state index < -0.39 is 29.8 Å². The first-order valence-corrected chi connectivity index (χ1v) is 11.1. The van der Waals surface area contributed by atoms with Crippen molar-refractivity contribution in [2.24, 2.45) is 0 Å². The highest BCUT2D eigenvalue weighted by atomic mass is 19.1. The van der Waals surface area contributed by atoms with Gasteiger partial charge in [0.05, 0.1) is 30.9 Å². The lowest BCUT2D eigenvalue weighted by Crippen LogP contribution is -2.52. The topological polar surface area (TPSA) is 90.9 Å². The molecule has 4 rings (SSSR count). The number of hydrogen-bond acceptors (Lipinski definition) is 4. The maximum Gasteiger partial charge on any atom is 0.319 e. The minimum Gasteiger partial charge on any atom is -0.394 e. The molecule has 1 fully saturated rings. The third-order valence-corrected chi connectivity index (χ3v) is 6.17. The van der Waals surface area contributed by atoms with Crippen molar-refractivity contribution in [1.82, 2.24) is 10.2 Å². The second-order valence-electron chi connectivity index (χ2n) is 8.42. The van der Waals surface area contributed by atoms with Gasteiger partial charge in [-0.25, -0.2) is 13.6 Å². The fourth-order valence-corrected chi connectivity index (χ4v) is 4.40. The molecule has 0 bridgehead atoms. The van der Waals surface area contributed by atoms with Gasteiger partial charge in [-0.1, -0.05) is 24.3 Å². The van der Waals surface area contributed by atoms with Crippen molar-refractivity contribution in [1.29, 1.82) is 0 Å². The number of urea groups is 1. The van der Waals surface area contributed by atoms with Gasteiger partial charge in [0.1, 0.15) is 17.7 Å². The minimum atomic E-state index is -0.760. The van der Waals surface area contributed by atoms with E-state index in [-0.39, 0.29) is 30.7 Å². The Bertz CT molecular complexity index is 1020. The van der Waals surface area contributed by atoms with Crippen LogP contribution < -0.4 is 10.6 Å². The van der Waals surface area contributed by atoms with E-state index in [0.717, 1.165) is 30.2 Å². The second kappa shape index (κ2) is 10.3. The average Bonchev–Trinajstić information content (AvgIpc) is 2.82. The number of aliphatic hydroxyl groups is 1. The van der Waals surface area contributed by atoms with Crippen molar-refractivity contribution in [3.05, 3.63) is 65.2 Å². The number of halogens is 2. The van der Waals surface area contributed by atoms with Gasteiger partial charge in [0.2, 0.25) is 5.91 Å². The Morgan fingerprint density at radius 3 is 2.70 bits per heavy atom. The predicted molar refractivity (Wildman–Crippen MR) is 117 cm³/mol. The van der Waals surface area contributed by atoms with Crippen molar-refractivity contribution < 1.29 is 28.2 Å². The van der Waals surface area contributed by atoms with Gasteiger partial charge in [-0.05, 0) is 42.5 Å². The molecule has 0 unspecified atom stereocenters. The molecule has 3 amide bonds. The molecule has 2 aliphatic rings. The number of hydrogen-bond donors (Lipinski definition) is 3. The SMILES string of the molecule is O=C(Nc1cc(F)ccc1F)N[C@H]1CC[C@H](CC(=O)N2CCc3ccccc3C2)O[C@H]1CO. The minimum absolute atomic E-state index is 0.00285. The third kappa shape index (κ3) is 5.66. The van der Waals surface area contributed by atoms with Gasteiger partial charge < -0.3 is 25.4 Å². The van der Waals surface area contributed by atoms with Crippen LogP contribution in [0.25, 0.3) is 0 Å². The van der Waals surface area contributed by atoms with E-state index in [1.54, 1.807) is 0 Å². The van der Waals surface area contributed by atoms with Gasteiger partial charge in [0.15, 0.2) is 0 Å². The highest BCUT2D eigenvalue weighted by molar-refractivity contribution is 5.89. The lowest BCUT2D eigenvalue weighted by molar-refractivity contribution is -0.141. The lowest BCUT2D eigenvalue weighted by atomic mass is 9.96. The van der Waals surface area contributed by atoms with Crippen molar-refractivity contribution in [3.8, 4) is 0 Å². The summed E-state index contributed by atoms with van der Waals surface area (Å²) in [6.07, 6.45) is 0.943. The summed E-state index contributed by atoms with van der Waals surface area (Å²) in [6.45, 7) is 0.889. The summed E-state index contributed by atoms with van der Waals surface area (Å²) in [7, 11) is 0. The van der Waals surface area contributed by atoms with Crippen LogP contribution in [0.4, 0.5) is 19.3 Å². The average molecular weight is 459 g/mol. The number of fused-ring (bicyclic) bond motifs is 1. The summed E-state index contributed by atoms with van der Waals surface area (Å²) >= 11 is 0. The summed E-state index contributed by atoms with van der Waals surface area (Å²) < 4.78 is 33.0. The van der Waals surface area contributed by atoms with Crippen LogP contribution in [0.5, 0.6) is 0 Å². The van der Waals surface area contributed by atoms with E-state index in [0.29, 0.717) is 25.9 Å². The molecule has 0 aromatic heterocycles. The molecule has 2 aliphatic heterocycles. The number of carbonyl (C=O) groups is 2. The maximum absolute atomic E-state index is 13.7. The van der Waals surface area contributed by atoms with Crippen molar-refractivity contribution >= 4 is 17.6 Å². The molecule has 7 nitrogen and oxygen atoms in total. The molecule has 2 heterocycles. The van der Waals surface area contributed by atoms with E-state index in [4.69, 9.17) is 4.74 Å². The molecule has 0 radical (unpaired) electrons. The number of aliphatic hydroxyl groups excluding tert-OH is 1. The maximum atomic E-state index is 13.7. The Kier molecular flexibility index (Phi) is 7.20. The number of nitrogens with zero attached hydrogens (tertiary/aromatic N) is 1. The quantitative estimate of drug-likeness (QED) is 0.641. The predicted octanol–water partition coefficient (Wildman–Crippen LogP) is 2.97. The summed E-state index contributed by atoms with van der Waals surface area (Å²) in [5.74, 6) is -1.44. The summed E-state index contributed by atoms with van der Waals surface area (Å²) in [6, 6.07) is 9.59. The molecule has 2 aromatic carbocycles. The Balaban J connectivity index is 1.29. The molecule has 2 aromatic rings. The number of nitrogens with one attached hydrogen (secondary N) is 2. The van der Waals surface area contributed by atoms with Crippen LogP contribution in [0.15, 0.2) is 42.5 Å². The molecule has 0 saturated carbocycles. The number of amides is 3. The molecule has 0 spiro atoms. The smallest absolute Gasteiger partial charge is 0.319 e. The van der Waals surface area contributed by atoms with Crippen LogP contribution in [0.2, 0.25) is 0 Å². The van der Waals surface area contributed by atoms with Crippen LogP contribution in [-0.4, -0.2) is 53.3 Å². The third-order valence-electron chi connectivity index (χ3n) is 6.17. The fourth-order valence-electron chi connectivity index (χ4n) is 4.40. The first-order chi connectivity index (χ1) is 15.9. The van der Waals surface area contributed by atoms with Crippen LogP contribution in [0.1, 0.15) is 30.4 Å². The zero-order chi connectivity index (χ0) is 23.4. The van der Waals surface area contributed by atoms with Gasteiger partial charge in [-0.15, -0.1) is 0 Å². The van der Waals surface area contributed by atoms with Crippen LogP contribution in [-0.2, 0) is 22.5 Å². The number of benzene rings is 2. The van der Waals surface area contributed by atoms with Crippen molar-refractivity contribution in [2.75, 3.05) is 18.5 Å². The molecule has 3 atom stereocenters. The zero-order valence-corrected chi connectivity index (χ0v) is 18.1. The standard InChI is InChI=1S/C24H27F2N3O4/c25-17-5-7-19(26)21(11-17)28-24(32)27-20-8-6-18(33-22(20)14-30)12-23(31)29-10-9-15-3-1-2-4-16(15)13-29/h1-5,7,11,18,20,22,30H,6,8-10,12-14H2,(H2,27,28,32)/t18-,20+,22+/m1/s1. The lowest BCUT2D eigenvalue weighted by Gasteiger charge is -2.37. The molecule has 9 heteroatoms. The van der Waals surface area contributed by atoms with E-state index in [1.165, 1.54) is 5.56 Å². The second-order valence-corrected chi connectivity index (χ2v) is 8.42. The molecular weight excluding hydrogens is 432 g/mol. The fraction of sp³-hybridized carbons (Fsp3) is 0.417. The molecular formula is C24H27F2N3O4. The van der Waals surface area contributed by atoms with Crippen molar-refractivity contribution in [3.63, 3.8) is 0 Å². The Hall–Kier alpha value is -3.04. The highest BCUT2D eigenvalue weighted by Gasteiger charge is 2.34. The van der Waals surface area contributed by atoms with Crippen LogP contribution in [0, 0.1) is 11.6 Å². The number of rotatable bonds is 5. The van der Waals surface area contributed by atoms with Crippen LogP contribution >= 0.6 is 0 Å². The first kappa shape index (κ1) is 23.1. The molecule has 176 valence electrons. The number of carbonyl (C=O) groups excluding carboxylic acids is 2. The largest absolute Gasteiger partial charge is 0.394 e. The van der Waals surface area contributed by atoms with Crippen LogP contribution in [0.3, 0.4) is 0 Å². The summed E-state index contributed by atoms with van der Waals surface area (Å²) in [5.41, 5.74) is 2.14. The monoisotopic (exact) mass is 459 g/mol. The number of ether oxygens (including phenoxy) is 1. The summed E-state index contributed by atoms with van der Waals surface area (Å²) in [5, 5.41) is 14.7. The van der Waals surface area contributed by atoms with Gasteiger partial charge in [0, 0.05) is 19.2 Å². The Morgan fingerprint density at radius 1 is 1.12 bits per heavy atom. The van der Waals surface area contributed by atoms with Gasteiger partial charge in [-0.3, -0.25) is 4.79 Å². The first-order valence-electron chi connectivity index (χ1n) is 11.1. The molecule has 33 heavy (non-hydrogen) atoms. The molecule has 1 saturated heterocycles. The van der Waals surface area contributed by atoms with E-state index in [9.17, 15) is 23.5 Å². The van der Waals surface area contributed by atoms with E-state index >= 15 is 0 Å². The van der Waals surface area contributed by atoms with E-state index in [2.05, 4.69) is 16.7 Å². The van der Waals surface area contributed by atoms with Gasteiger partial charge in [0.25, 0.3) is 0 Å². The van der Waals surface area contributed by atoms with Gasteiger partial charge in [-0.2, -0.15) is 0 Å². The molecule has 0 aliphatic carbocycles. The normalized spacial score (nSPS) is 22.4. The van der Waals surface area contributed by atoms with Gasteiger partial charge >= 0.3 is 6.03 Å².